The molecule has 0 radical (unpaired) electrons. The average molecular weight is 250 g/mol. The molecule has 1 heterocycles. The summed E-state index contributed by atoms with van der Waals surface area (Å²) in [7, 11) is 0. The Morgan fingerprint density at radius 2 is 2.06 bits per heavy atom. The van der Waals surface area contributed by atoms with Gasteiger partial charge in [-0.2, -0.15) is 0 Å². The lowest BCUT2D eigenvalue weighted by Gasteiger charge is -2.10. The maximum absolute atomic E-state index is 11.6. The normalized spacial score (nSPS) is 22.7. The molecule has 96 valence electrons. The summed E-state index contributed by atoms with van der Waals surface area (Å²) in [5.41, 5.74) is 0.471. The van der Waals surface area contributed by atoms with E-state index in [0.717, 1.165) is 0 Å². The lowest BCUT2D eigenvalue weighted by atomic mass is 10.2. The number of Topliss-reactive ketones (excluding diaryl/α,β-unsaturated/α-hetero) is 1. The molecule has 5 heteroatoms. The second-order valence-electron chi connectivity index (χ2n) is 3.96. The van der Waals surface area contributed by atoms with Crippen LogP contribution in [0.3, 0.4) is 0 Å². The highest BCUT2D eigenvalue weighted by Gasteiger charge is 2.30. The third kappa shape index (κ3) is 3.15. The van der Waals surface area contributed by atoms with Gasteiger partial charge in [0.2, 0.25) is 0 Å². The van der Waals surface area contributed by atoms with Crippen LogP contribution < -0.4 is 0 Å². The molecule has 0 N–H and O–H groups in total. The van der Waals surface area contributed by atoms with Gasteiger partial charge in [-0.05, 0) is 19.1 Å². The van der Waals surface area contributed by atoms with E-state index in [1.54, 1.807) is 24.3 Å². The largest absolute Gasteiger partial charge is 0.457 e. The van der Waals surface area contributed by atoms with Crippen LogP contribution in [0.25, 0.3) is 0 Å². The Hall–Kier alpha value is -1.72. The van der Waals surface area contributed by atoms with Gasteiger partial charge in [-0.1, -0.05) is 18.2 Å². The van der Waals surface area contributed by atoms with E-state index in [4.69, 9.17) is 14.2 Å². The maximum atomic E-state index is 11.6. The molecule has 0 spiro atoms. The number of hydrogen-bond acceptors (Lipinski definition) is 5. The lowest BCUT2D eigenvalue weighted by Crippen LogP contribution is -2.23. The van der Waals surface area contributed by atoms with E-state index in [1.807, 2.05) is 6.07 Å². The van der Waals surface area contributed by atoms with Crippen molar-refractivity contribution in [2.24, 2.45) is 0 Å². The van der Waals surface area contributed by atoms with Gasteiger partial charge in [0.05, 0.1) is 12.2 Å². The molecular weight excluding hydrogens is 236 g/mol. The van der Waals surface area contributed by atoms with Crippen molar-refractivity contribution < 1.29 is 23.8 Å². The first-order valence-electron chi connectivity index (χ1n) is 5.66. The number of ketones is 1. The standard InChI is InChI=1S/C13H14O5/c1-9(14)11-7-16-12(18-11)8-17-13(15)10-5-3-2-4-6-10/h2-6,11-12H,7-8H2,1H3/t11-,12+/m1/s1. The molecule has 0 aliphatic carbocycles. The molecule has 0 unspecified atom stereocenters. The Bertz CT molecular complexity index is 428. The van der Waals surface area contributed by atoms with Crippen LogP contribution in [0, 0.1) is 0 Å². The van der Waals surface area contributed by atoms with E-state index in [2.05, 4.69) is 0 Å². The number of rotatable bonds is 4. The fraction of sp³-hybridized carbons (Fsp3) is 0.385. The van der Waals surface area contributed by atoms with Crippen LogP contribution in [0.15, 0.2) is 30.3 Å². The predicted octanol–water partition coefficient (Wildman–Crippen LogP) is 1.17. The summed E-state index contributed by atoms with van der Waals surface area (Å²) in [5, 5.41) is 0. The molecule has 0 aromatic heterocycles. The Morgan fingerprint density at radius 3 is 2.67 bits per heavy atom. The molecule has 5 nitrogen and oxygen atoms in total. The number of benzene rings is 1. The summed E-state index contributed by atoms with van der Waals surface area (Å²) in [6.45, 7) is 1.63. The van der Waals surface area contributed by atoms with Crippen LogP contribution in [0.5, 0.6) is 0 Å². The first-order valence-corrected chi connectivity index (χ1v) is 5.66. The number of esters is 1. The molecule has 1 aliphatic rings. The van der Waals surface area contributed by atoms with E-state index < -0.39 is 18.4 Å². The Morgan fingerprint density at radius 1 is 1.33 bits per heavy atom. The van der Waals surface area contributed by atoms with Gasteiger partial charge in [-0.25, -0.2) is 4.79 Å². The zero-order valence-electron chi connectivity index (χ0n) is 10.00. The summed E-state index contributed by atoms with van der Waals surface area (Å²) in [6, 6.07) is 8.65. The predicted molar refractivity (Wildman–Crippen MR) is 62.0 cm³/mol. The van der Waals surface area contributed by atoms with Gasteiger partial charge >= 0.3 is 5.97 Å². The number of carbonyl (C=O) groups is 2. The van der Waals surface area contributed by atoms with Crippen LogP contribution in [0.4, 0.5) is 0 Å². The van der Waals surface area contributed by atoms with E-state index in [-0.39, 0.29) is 19.0 Å². The van der Waals surface area contributed by atoms with Crippen LogP contribution in [-0.2, 0) is 19.0 Å². The zero-order chi connectivity index (χ0) is 13.0. The second kappa shape index (κ2) is 5.75. The monoisotopic (exact) mass is 250 g/mol. The van der Waals surface area contributed by atoms with Crippen molar-refractivity contribution >= 4 is 11.8 Å². The molecule has 0 saturated carbocycles. The van der Waals surface area contributed by atoms with Gasteiger partial charge in [-0.3, -0.25) is 4.79 Å². The van der Waals surface area contributed by atoms with Gasteiger partial charge in [0.15, 0.2) is 12.1 Å². The fourth-order valence-electron chi connectivity index (χ4n) is 1.56. The fourth-order valence-corrected chi connectivity index (χ4v) is 1.56. The van der Waals surface area contributed by atoms with Crippen LogP contribution in [0.2, 0.25) is 0 Å². The van der Waals surface area contributed by atoms with Crippen molar-refractivity contribution in [2.75, 3.05) is 13.2 Å². The Kier molecular flexibility index (Phi) is 4.07. The first-order chi connectivity index (χ1) is 8.66. The SMILES string of the molecule is CC(=O)[C@H]1CO[C@H](COC(=O)c2ccccc2)O1. The van der Waals surface area contributed by atoms with Crippen molar-refractivity contribution in [3.05, 3.63) is 35.9 Å². The third-order valence-electron chi connectivity index (χ3n) is 2.56. The zero-order valence-corrected chi connectivity index (χ0v) is 10.00. The van der Waals surface area contributed by atoms with Crippen molar-refractivity contribution in [3.8, 4) is 0 Å². The maximum Gasteiger partial charge on any atom is 0.338 e. The van der Waals surface area contributed by atoms with Crippen molar-refractivity contribution in [1.82, 2.24) is 0 Å². The molecule has 1 aromatic rings. The molecule has 2 rings (SSSR count). The smallest absolute Gasteiger partial charge is 0.338 e. The van der Waals surface area contributed by atoms with Crippen LogP contribution >= 0.6 is 0 Å². The minimum absolute atomic E-state index is 0.0164. The van der Waals surface area contributed by atoms with Gasteiger partial charge in [-0.15, -0.1) is 0 Å². The van der Waals surface area contributed by atoms with Crippen LogP contribution in [0.1, 0.15) is 17.3 Å². The van der Waals surface area contributed by atoms with E-state index in [9.17, 15) is 9.59 Å². The Balaban J connectivity index is 1.79. The highest BCUT2D eigenvalue weighted by atomic mass is 16.7. The van der Waals surface area contributed by atoms with Crippen molar-refractivity contribution in [2.45, 2.75) is 19.3 Å². The van der Waals surface area contributed by atoms with Gasteiger partial charge in [0, 0.05) is 0 Å². The Labute approximate surface area is 105 Å². The number of carbonyl (C=O) groups excluding carboxylic acids is 2. The summed E-state index contributed by atoms with van der Waals surface area (Å²) >= 11 is 0. The molecule has 1 saturated heterocycles. The second-order valence-corrected chi connectivity index (χ2v) is 3.96. The molecule has 1 fully saturated rings. The van der Waals surface area contributed by atoms with E-state index >= 15 is 0 Å². The molecule has 2 atom stereocenters. The molecule has 0 amide bonds. The minimum atomic E-state index is -0.661. The number of ether oxygens (including phenoxy) is 3. The first kappa shape index (κ1) is 12.7. The molecular formula is C13H14O5. The summed E-state index contributed by atoms with van der Waals surface area (Å²) in [4.78, 5) is 22.7. The van der Waals surface area contributed by atoms with Gasteiger partial charge < -0.3 is 14.2 Å². The highest BCUT2D eigenvalue weighted by molar-refractivity contribution is 5.89. The summed E-state index contributed by atoms with van der Waals surface area (Å²) < 4.78 is 15.5. The summed E-state index contributed by atoms with van der Waals surface area (Å²) in [6.07, 6.45) is -1.21. The quantitative estimate of drug-likeness (QED) is 0.751. The summed E-state index contributed by atoms with van der Waals surface area (Å²) in [5.74, 6) is -0.527. The average Bonchev–Trinajstić information content (AvgIpc) is 2.86. The molecule has 1 aromatic carbocycles. The van der Waals surface area contributed by atoms with E-state index in [0.29, 0.717) is 5.56 Å². The molecule has 0 bridgehead atoms. The minimum Gasteiger partial charge on any atom is -0.457 e. The highest BCUT2D eigenvalue weighted by Crippen LogP contribution is 2.13. The van der Waals surface area contributed by atoms with Crippen molar-refractivity contribution in [1.29, 1.82) is 0 Å². The third-order valence-corrected chi connectivity index (χ3v) is 2.56. The topological polar surface area (TPSA) is 61.8 Å². The number of hydrogen-bond donors (Lipinski definition) is 0. The van der Waals surface area contributed by atoms with E-state index in [1.165, 1.54) is 6.92 Å². The molecule has 18 heavy (non-hydrogen) atoms. The molecule has 1 aliphatic heterocycles. The van der Waals surface area contributed by atoms with Crippen LogP contribution in [-0.4, -0.2) is 37.4 Å². The van der Waals surface area contributed by atoms with Gasteiger partial charge in [0.1, 0.15) is 12.7 Å². The van der Waals surface area contributed by atoms with Crippen molar-refractivity contribution in [3.63, 3.8) is 0 Å². The lowest BCUT2D eigenvalue weighted by molar-refractivity contribution is -0.132. The van der Waals surface area contributed by atoms with Gasteiger partial charge in [0.25, 0.3) is 0 Å².